The van der Waals surface area contributed by atoms with Crippen molar-refractivity contribution >= 4 is 35.2 Å². The van der Waals surface area contributed by atoms with Crippen LogP contribution in [-0.2, 0) is 9.59 Å². The minimum Gasteiger partial charge on any atom is -0.327 e. The molecule has 1 aromatic carbocycles. The van der Waals surface area contributed by atoms with Crippen molar-refractivity contribution in [1.82, 2.24) is 14.9 Å². The molecule has 0 bridgehead atoms. The van der Waals surface area contributed by atoms with Crippen molar-refractivity contribution in [2.24, 2.45) is 0 Å². The van der Waals surface area contributed by atoms with E-state index in [1.165, 1.54) is 16.7 Å². The largest absolute Gasteiger partial charge is 0.327 e. The van der Waals surface area contributed by atoms with Gasteiger partial charge in [0.2, 0.25) is 5.91 Å². The molecule has 0 aliphatic carbocycles. The third-order valence-electron chi connectivity index (χ3n) is 4.51. The number of amides is 3. The maximum absolute atomic E-state index is 13.1. The molecule has 1 saturated heterocycles. The highest BCUT2D eigenvalue weighted by Gasteiger charge is 2.43. The molecule has 2 aromatic rings. The second-order valence-electron chi connectivity index (χ2n) is 6.06. The summed E-state index contributed by atoms with van der Waals surface area (Å²) in [6.45, 7) is 0.540. The predicted octanol–water partition coefficient (Wildman–Crippen LogP) is 1.75. The normalized spacial score (nSPS) is 19.2. The van der Waals surface area contributed by atoms with Gasteiger partial charge in [-0.2, -0.15) is 0 Å². The molecule has 1 fully saturated rings. The van der Waals surface area contributed by atoms with Gasteiger partial charge in [0.25, 0.3) is 11.8 Å². The van der Waals surface area contributed by atoms with Crippen LogP contribution in [0.15, 0.2) is 47.9 Å². The fraction of sp³-hybridized carbons (Fsp3) is 0.278. The van der Waals surface area contributed by atoms with Crippen LogP contribution >= 0.6 is 11.8 Å². The summed E-state index contributed by atoms with van der Waals surface area (Å²) >= 11 is 1.17. The number of imide groups is 1. The van der Waals surface area contributed by atoms with Crippen LogP contribution in [0.5, 0.6) is 0 Å². The lowest BCUT2D eigenvalue weighted by Crippen LogP contribution is -2.47. The van der Waals surface area contributed by atoms with E-state index in [9.17, 15) is 14.4 Å². The fourth-order valence-corrected chi connectivity index (χ4v) is 4.00. The molecule has 0 unspecified atom stereocenters. The third kappa shape index (κ3) is 2.86. The van der Waals surface area contributed by atoms with Gasteiger partial charge in [0, 0.05) is 18.9 Å². The van der Waals surface area contributed by atoms with Gasteiger partial charge in [-0.15, -0.1) is 0 Å². The quantitative estimate of drug-likeness (QED) is 0.606. The van der Waals surface area contributed by atoms with Crippen LogP contribution in [0.25, 0.3) is 0 Å². The maximum Gasteiger partial charge on any atom is 0.256 e. The molecule has 3 amide bonds. The number of carbonyl (C=O) groups excluding carboxylic acids is 3. The number of benzene rings is 1. The van der Waals surface area contributed by atoms with Crippen molar-refractivity contribution in [2.45, 2.75) is 24.0 Å². The minimum absolute atomic E-state index is 0.0188. The van der Waals surface area contributed by atoms with Gasteiger partial charge in [-0.05, 0) is 31.0 Å². The first-order valence-corrected chi connectivity index (χ1v) is 9.32. The summed E-state index contributed by atoms with van der Waals surface area (Å²) in [5.74, 6) is -0.877. The zero-order chi connectivity index (χ0) is 18.1. The monoisotopic (exact) mass is 368 g/mol. The number of hydrogen-bond acceptors (Lipinski definition) is 6. The highest BCUT2D eigenvalue weighted by atomic mass is 32.2. The van der Waals surface area contributed by atoms with Gasteiger partial charge in [-0.1, -0.05) is 23.9 Å². The van der Waals surface area contributed by atoms with Gasteiger partial charge in [-0.3, -0.25) is 14.4 Å². The zero-order valence-corrected chi connectivity index (χ0v) is 14.7. The van der Waals surface area contributed by atoms with Gasteiger partial charge in [0.15, 0.2) is 5.16 Å². The Morgan fingerprint density at radius 2 is 1.92 bits per heavy atom. The molecule has 26 heavy (non-hydrogen) atoms. The summed E-state index contributed by atoms with van der Waals surface area (Å²) in [4.78, 5) is 49.7. The van der Waals surface area contributed by atoms with Gasteiger partial charge in [0.05, 0.1) is 17.0 Å². The Balaban J connectivity index is 1.66. The number of anilines is 1. The molecule has 132 valence electrons. The summed E-state index contributed by atoms with van der Waals surface area (Å²) < 4.78 is 0. The number of carbonyl (C=O) groups is 3. The van der Waals surface area contributed by atoms with Crippen LogP contribution in [0.4, 0.5) is 5.69 Å². The topological polar surface area (TPSA) is 83.5 Å². The molecule has 0 saturated carbocycles. The number of para-hydroxylation sites is 1. The maximum atomic E-state index is 13.1. The van der Waals surface area contributed by atoms with E-state index in [2.05, 4.69) is 9.97 Å². The molecule has 3 heterocycles. The second kappa shape index (κ2) is 6.87. The molecule has 2 aliphatic heterocycles. The average Bonchev–Trinajstić information content (AvgIpc) is 3.14. The Bertz CT molecular complexity index is 874. The smallest absolute Gasteiger partial charge is 0.256 e. The molecule has 7 nitrogen and oxygen atoms in total. The first-order chi connectivity index (χ1) is 12.7. The Morgan fingerprint density at radius 3 is 2.73 bits per heavy atom. The summed E-state index contributed by atoms with van der Waals surface area (Å²) in [5.41, 5.74) is 0.746. The number of hydrogen-bond donors (Lipinski definition) is 0. The van der Waals surface area contributed by atoms with E-state index in [0.29, 0.717) is 29.4 Å². The highest BCUT2D eigenvalue weighted by molar-refractivity contribution is 7.99. The van der Waals surface area contributed by atoms with Gasteiger partial charge >= 0.3 is 0 Å². The number of nitrogens with zero attached hydrogens (tertiary/aromatic N) is 4. The Hall–Kier alpha value is -2.74. The molecular weight excluding hydrogens is 352 g/mol. The van der Waals surface area contributed by atoms with Crippen LogP contribution < -0.4 is 4.90 Å². The van der Waals surface area contributed by atoms with E-state index < -0.39 is 6.04 Å². The molecule has 1 aromatic heterocycles. The van der Waals surface area contributed by atoms with Crippen LogP contribution in [0, 0.1) is 0 Å². The van der Waals surface area contributed by atoms with Gasteiger partial charge in [0.1, 0.15) is 6.04 Å². The van der Waals surface area contributed by atoms with Crippen LogP contribution in [-0.4, -0.2) is 50.9 Å². The van der Waals surface area contributed by atoms with Crippen molar-refractivity contribution in [3.63, 3.8) is 0 Å². The predicted molar refractivity (Wildman–Crippen MR) is 95.7 cm³/mol. The SMILES string of the molecule is O=C(CSc1ncccn1)N1C(=O)[C@H]2CCCN2C(=O)c2ccccc21. The third-order valence-corrected chi connectivity index (χ3v) is 5.37. The molecule has 0 radical (unpaired) electrons. The van der Waals surface area contributed by atoms with Gasteiger partial charge < -0.3 is 4.90 Å². The van der Waals surface area contributed by atoms with E-state index in [4.69, 9.17) is 0 Å². The number of aromatic nitrogens is 2. The highest BCUT2D eigenvalue weighted by Crippen LogP contribution is 2.32. The summed E-state index contributed by atoms with van der Waals surface area (Å²) in [6, 6.07) is 7.91. The van der Waals surface area contributed by atoms with Crippen molar-refractivity contribution in [3.05, 3.63) is 48.3 Å². The van der Waals surface area contributed by atoms with Crippen molar-refractivity contribution in [3.8, 4) is 0 Å². The minimum atomic E-state index is -0.572. The van der Waals surface area contributed by atoms with E-state index in [-0.39, 0.29) is 23.5 Å². The van der Waals surface area contributed by atoms with Crippen molar-refractivity contribution in [2.75, 3.05) is 17.2 Å². The molecule has 2 aliphatic rings. The Labute approximate surface area is 154 Å². The summed E-state index contributed by atoms with van der Waals surface area (Å²) in [7, 11) is 0. The number of fused-ring (bicyclic) bond motifs is 2. The van der Waals surface area contributed by atoms with Crippen molar-refractivity contribution in [1.29, 1.82) is 0 Å². The van der Waals surface area contributed by atoms with E-state index >= 15 is 0 Å². The molecule has 8 heteroatoms. The molecule has 1 atom stereocenters. The molecule has 0 N–H and O–H groups in total. The van der Waals surface area contributed by atoms with E-state index in [0.717, 1.165) is 6.42 Å². The standard InChI is InChI=1S/C18H16N4O3S/c23-15(11-26-18-19-8-4-9-20-18)22-13-6-2-1-5-12(13)16(24)21-10-3-7-14(21)17(22)25/h1-2,4-6,8-9,14H,3,7,10-11H2/t14-/m1/s1. The lowest BCUT2D eigenvalue weighted by Gasteiger charge is -2.24. The Morgan fingerprint density at radius 1 is 1.15 bits per heavy atom. The summed E-state index contributed by atoms with van der Waals surface area (Å²) in [5, 5.41) is 0.468. The molecule has 4 rings (SSSR count). The van der Waals surface area contributed by atoms with E-state index in [1.807, 2.05) is 0 Å². The van der Waals surface area contributed by atoms with Gasteiger partial charge in [-0.25, -0.2) is 14.9 Å². The Kier molecular flexibility index (Phi) is 4.42. The average molecular weight is 368 g/mol. The van der Waals surface area contributed by atoms with Crippen LogP contribution in [0.1, 0.15) is 23.2 Å². The zero-order valence-electron chi connectivity index (χ0n) is 13.9. The van der Waals surface area contributed by atoms with E-state index in [1.54, 1.807) is 47.6 Å². The lowest BCUT2D eigenvalue weighted by atomic mass is 10.1. The van der Waals surface area contributed by atoms with Crippen LogP contribution in [0.2, 0.25) is 0 Å². The van der Waals surface area contributed by atoms with Crippen LogP contribution in [0.3, 0.4) is 0 Å². The fourth-order valence-electron chi connectivity index (χ4n) is 3.35. The first-order valence-electron chi connectivity index (χ1n) is 8.33. The number of rotatable bonds is 3. The molecular formula is C18H16N4O3S. The first kappa shape index (κ1) is 16.7. The van der Waals surface area contributed by atoms with Crippen molar-refractivity contribution < 1.29 is 14.4 Å². The second-order valence-corrected chi connectivity index (χ2v) is 7.00. The lowest BCUT2D eigenvalue weighted by molar-refractivity contribution is -0.127. The summed E-state index contributed by atoms with van der Waals surface area (Å²) in [6.07, 6.45) is 4.54. The molecule has 0 spiro atoms. The number of thioether (sulfide) groups is 1.